The number of hydrogen-bond donors (Lipinski definition) is 1. The number of benzene rings is 2. The number of anilines is 1. The summed E-state index contributed by atoms with van der Waals surface area (Å²) in [6, 6.07) is 16.2. The van der Waals surface area contributed by atoms with Crippen molar-refractivity contribution in [1.29, 1.82) is 0 Å². The first kappa shape index (κ1) is 18.1. The summed E-state index contributed by atoms with van der Waals surface area (Å²) >= 11 is 0. The monoisotopic (exact) mass is 329 g/mol. The highest BCUT2D eigenvalue weighted by Gasteiger charge is 2.00. The summed E-state index contributed by atoms with van der Waals surface area (Å²) < 4.78 is 16.3. The van der Waals surface area contributed by atoms with Gasteiger partial charge >= 0.3 is 0 Å². The molecule has 0 amide bonds. The normalized spacial score (nSPS) is 10.7. The Balaban J connectivity index is 1.72. The quantitative estimate of drug-likeness (QED) is 0.659. The van der Waals surface area contributed by atoms with E-state index in [4.69, 9.17) is 14.2 Å². The molecule has 2 aromatic carbocycles. The number of rotatable bonds is 10. The summed E-state index contributed by atoms with van der Waals surface area (Å²) in [5.74, 6) is 2.28. The van der Waals surface area contributed by atoms with E-state index in [2.05, 4.69) is 31.3 Å². The van der Waals surface area contributed by atoms with Gasteiger partial charge in [0.15, 0.2) is 0 Å². The van der Waals surface area contributed by atoms with Crippen molar-refractivity contribution in [1.82, 2.24) is 0 Å². The van der Waals surface area contributed by atoms with Crippen LogP contribution in [0.3, 0.4) is 0 Å². The second-order valence-corrected chi connectivity index (χ2v) is 5.87. The third-order valence-electron chi connectivity index (χ3n) is 3.64. The van der Waals surface area contributed by atoms with Gasteiger partial charge in [0.25, 0.3) is 0 Å². The molecule has 0 radical (unpaired) electrons. The van der Waals surface area contributed by atoms with E-state index in [9.17, 15) is 0 Å². The minimum atomic E-state index is 0.541. The van der Waals surface area contributed by atoms with E-state index in [0.29, 0.717) is 25.7 Å². The maximum Gasteiger partial charge on any atom is 0.121 e. The summed E-state index contributed by atoms with van der Waals surface area (Å²) in [5, 5.41) is 3.34. The van der Waals surface area contributed by atoms with Gasteiger partial charge in [0, 0.05) is 25.4 Å². The highest BCUT2D eigenvalue weighted by molar-refractivity contribution is 5.48. The van der Waals surface area contributed by atoms with Crippen LogP contribution in [0.4, 0.5) is 5.69 Å². The van der Waals surface area contributed by atoms with Crippen LogP contribution in [0.1, 0.15) is 25.3 Å². The molecule has 0 fully saturated rings. The van der Waals surface area contributed by atoms with Crippen molar-refractivity contribution in [2.75, 3.05) is 38.8 Å². The van der Waals surface area contributed by atoms with Crippen molar-refractivity contribution in [3.8, 4) is 11.5 Å². The summed E-state index contributed by atoms with van der Waals surface area (Å²) in [6.45, 7) is 6.85. The zero-order valence-electron chi connectivity index (χ0n) is 14.7. The molecule has 0 heterocycles. The van der Waals surface area contributed by atoms with E-state index < -0.39 is 0 Å². The zero-order chi connectivity index (χ0) is 17.2. The third-order valence-corrected chi connectivity index (χ3v) is 3.64. The second-order valence-electron chi connectivity index (χ2n) is 5.87. The molecule has 2 rings (SSSR count). The van der Waals surface area contributed by atoms with E-state index in [1.807, 2.05) is 36.4 Å². The SMILES string of the molecule is COCCOc1cccc(NCCOc2ccc(C(C)C)cc2)c1. The Labute approximate surface area is 144 Å². The first-order valence-electron chi connectivity index (χ1n) is 8.37. The molecule has 0 spiro atoms. The van der Waals surface area contributed by atoms with Gasteiger partial charge in [-0.15, -0.1) is 0 Å². The first-order valence-corrected chi connectivity index (χ1v) is 8.37. The van der Waals surface area contributed by atoms with Crippen LogP contribution in [0.15, 0.2) is 48.5 Å². The highest BCUT2D eigenvalue weighted by Crippen LogP contribution is 2.19. The average Bonchev–Trinajstić information content (AvgIpc) is 2.60. The predicted octanol–water partition coefficient (Wildman–Crippen LogP) is 4.33. The fraction of sp³-hybridized carbons (Fsp3) is 0.400. The van der Waals surface area contributed by atoms with Crippen LogP contribution in [0.2, 0.25) is 0 Å². The molecule has 0 aliphatic heterocycles. The molecule has 0 aliphatic rings. The van der Waals surface area contributed by atoms with Crippen molar-refractivity contribution >= 4 is 5.69 Å². The van der Waals surface area contributed by atoms with Gasteiger partial charge < -0.3 is 19.5 Å². The molecule has 0 saturated carbocycles. The number of methoxy groups -OCH3 is 1. The van der Waals surface area contributed by atoms with Gasteiger partial charge in [-0.25, -0.2) is 0 Å². The molecule has 0 bridgehead atoms. The van der Waals surface area contributed by atoms with Gasteiger partial charge in [-0.1, -0.05) is 32.0 Å². The van der Waals surface area contributed by atoms with Crippen LogP contribution in [0.25, 0.3) is 0 Å². The fourth-order valence-electron chi connectivity index (χ4n) is 2.25. The number of nitrogens with one attached hydrogen (secondary N) is 1. The van der Waals surface area contributed by atoms with E-state index in [1.54, 1.807) is 7.11 Å². The lowest BCUT2D eigenvalue weighted by Gasteiger charge is -2.11. The van der Waals surface area contributed by atoms with Crippen molar-refractivity contribution in [3.05, 3.63) is 54.1 Å². The lowest BCUT2D eigenvalue weighted by Crippen LogP contribution is -2.11. The Morgan fingerprint density at radius 2 is 1.62 bits per heavy atom. The maximum absolute atomic E-state index is 5.76. The smallest absolute Gasteiger partial charge is 0.121 e. The molecule has 4 heteroatoms. The van der Waals surface area contributed by atoms with Crippen LogP contribution in [-0.2, 0) is 4.74 Å². The molecule has 130 valence electrons. The Morgan fingerprint density at radius 3 is 2.33 bits per heavy atom. The minimum Gasteiger partial charge on any atom is -0.492 e. The molecular formula is C20H27NO3. The molecule has 0 aliphatic carbocycles. The topological polar surface area (TPSA) is 39.7 Å². The summed E-state index contributed by atoms with van der Waals surface area (Å²) in [7, 11) is 1.66. The molecule has 0 saturated heterocycles. The first-order chi connectivity index (χ1) is 11.7. The Kier molecular flexibility index (Phi) is 7.43. The maximum atomic E-state index is 5.76. The van der Waals surface area contributed by atoms with Crippen LogP contribution >= 0.6 is 0 Å². The van der Waals surface area contributed by atoms with Crippen LogP contribution in [0, 0.1) is 0 Å². The number of ether oxygens (including phenoxy) is 3. The summed E-state index contributed by atoms with van der Waals surface area (Å²) in [5.41, 5.74) is 2.34. The Morgan fingerprint density at radius 1 is 0.875 bits per heavy atom. The largest absolute Gasteiger partial charge is 0.492 e. The minimum absolute atomic E-state index is 0.541. The lowest BCUT2D eigenvalue weighted by molar-refractivity contribution is 0.146. The average molecular weight is 329 g/mol. The molecule has 1 N–H and O–H groups in total. The molecule has 0 atom stereocenters. The van der Waals surface area contributed by atoms with E-state index >= 15 is 0 Å². The van der Waals surface area contributed by atoms with Crippen molar-refractivity contribution in [2.45, 2.75) is 19.8 Å². The number of hydrogen-bond acceptors (Lipinski definition) is 4. The van der Waals surface area contributed by atoms with E-state index in [1.165, 1.54) is 5.56 Å². The Bertz CT molecular complexity index is 596. The second kappa shape index (κ2) is 9.83. The zero-order valence-corrected chi connectivity index (χ0v) is 14.7. The van der Waals surface area contributed by atoms with E-state index in [0.717, 1.165) is 23.7 Å². The lowest BCUT2D eigenvalue weighted by atomic mass is 10.0. The molecule has 2 aromatic rings. The Hall–Kier alpha value is -2.20. The molecule has 0 unspecified atom stereocenters. The molecular weight excluding hydrogens is 302 g/mol. The van der Waals surface area contributed by atoms with Crippen molar-refractivity contribution < 1.29 is 14.2 Å². The van der Waals surface area contributed by atoms with Crippen LogP contribution in [-0.4, -0.2) is 33.5 Å². The van der Waals surface area contributed by atoms with E-state index in [-0.39, 0.29) is 0 Å². The summed E-state index contributed by atoms with van der Waals surface area (Å²) in [6.07, 6.45) is 0. The van der Waals surface area contributed by atoms with Gasteiger partial charge in [-0.3, -0.25) is 0 Å². The fourth-order valence-corrected chi connectivity index (χ4v) is 2.25. The third kappa shape index (κ3) is 6.13. The predicted molar refractivity (Wildman–Crippen MR) is 98.3 cm³/mol. The van der Waals surface area contributed by atoms with Crippen molar-refractivity contribution in [3.63, 3.8) is 0 Å². The molecule has 24 heavy (non-hydrogen) atoms. The summed E-state index contributed by atoms with van der Waals surface area (Å²) in [4.78, 5) is 0. The molecule has 0 aromatic heterocycles. The van der Waals surface area contributed by atoms with Gasteiger partial charge in [0.2, 0.25) is 0 Å². The van der Waals surface area contributed by atoms with Crippen LogP contribution in [0.5, 0.6) is 11.5 Å². The van der Waals surface area contributed by atoms with Crippen molar-refractivity contribution in [2.24, 2.45) is 0 Å². The van der Waals surface area contributed by atoms with Gasteiger partial charge in [0.1, 0.15) is 24.7 Å². The van der Waals surface area contributed by atoms with Gasteiger partial charge in [-0.05, 0) is 35.7 Å². The highest BCUT2D eigenvalue weighted by atomic mass is 16.5. The standard InChI is InChI=1S/C20H27NO3/c1-16(2)17-7-9-19(10-8-17)23-12-11-21-18-5-4-6-20(15-18)24-14-13-22-3/h4-10,15-16,21H,11-14H2,1-3H3. The van der Waals surface area contributed by atoms with Crippen LogP contribution < -0.4 is 14.8 Å². The van der Waals surface area contributed by atoms with Gasteiger partial charge in [0.05, 0.1) is 6.61 Å². The molecule has 4 nitrogen and oxygen atoms in total. The van der Waals surface area contributed by atoms with Gasteiger partial charge in [-0.2, -0.15) is 0 Å².